The Morgan fingerprint density at radius 1 is 1.10 bits per heavy atom. The van der Waals surface area contributed by atoms with Crippen molar-refractivity contribution in [1.82, 2.24) is 9.97 Å². The smallest absolute Gasteiger partial charge is 0.220 e. The molecule has 1 unspecified atom stereocenters. The number of rotatable bonds is 5. The molecule has 1 atom stereocenters. The van der Waals surface area contributed by atoms with Crippen LogP contribution in [0.3, 0.4) is 0 Å². The minimum Gasteiger partial charge on any atom is -0.398 e. The van der Waals surface area contributed by atoms with Crippen LogP contribution in [0, 0.1) is 0 Å². The molecule has 2 aromatic carbocycles. The molecule has 1 fully saturated rings. The summed E-state index contributed by atoms with van der Waals surface area (Å²) in [5.41, 5.74) is 15.6. The Balaban J connectivity index is 1.61. The average molecular weight is 403 g/mol. The van der Waals surface area contributed by atoms with Crippen LogP contribution >= 0.6 is 0 Å². The van der Waals surface area contributed by atoms with Crippen molar-refractivity contribution in [1.29, 1.82) is 0 Å². The Hall–Kier alpha value is -3.45. The lowest BCUT2D eigenvalue weighted by Gasteiger charge is -2.36. The highest BCUT2D eigenvalue weighted by Gasteiger charge is 2.22. The molecule has 7 heteroatoms. The first-order valence-electron chi connectivity index (χ1n) is 10.1. The third kappa shape index (κ3) is 3.97. The molecule has 1 aliphatic rings. The Morgan fingerprint density at radius 3 is 2.63 bits per heavy atom. The molecule has 1 saturated heterocycles. The van der Waals surface area contributed by atoms with Gasteiger partial charge in [-0.05, 0) is 61.7 Å². The lowest BCUT2D eigenvalue weighted by molar-refractivity contribution is 0.103. The standard InChI is InChI=1S/C23H25N5O2/c24-20-9-6-16(21-10-11-26-23(25)27-21)13-19(20)22(30)15-4-7-17(8-5-15)28-12-2-1-3-18(28)14-29/h4-11,13,18,29H,1-3,12,14,24H2,(H2,25,26,27). The molecule has 0 radical (unpaired) electrons. The zero-order valence-electron chi connectivity index (χ0n) is 16.7. The number of aromatic nitrogens is 2. The van der Waals surface area contributed by atoms with Gasteiger partial charge in [-0.25, -0.2) is 9.97 Å². The van der Waals surface area contributed by atoms with Crippen LogP contribution in [0.4, 0.5) is 17.3 Å². The van der Waals surface area contributed by atoms with Gasteiger partial charge < -0.3 is 21.5 Å². The van der Waals surface area contributed by atoms with Crippen molar-refractivity contribution in [2.24, 2.45) is 0 Å². The van der Waals surface area contributed by atoms with Crippen molar-refractivity contribution in [3.8, 4) is 11.3 Å². The number of carbonyl (C=O) groups excluding carboxylic acids is 1. The molecular weight excluding hydrogens is 378 g/mol. The van der Waals surface area contributed by atoms with Gasteiger partial charge in [0.2, 0.25) is 5.95 Å². The number of anilines is 3. The van der Waals surface area contributed by atoms with Gasteiger partial charge in [-0.2, -0.15) is 0 Å². The molecule has 5 N–H and O–H groups in total. The summed E-state index contributed by atoms with van der Waals surface area (Å²) in [4.78, 5) is 23.5. The molecule has 0 saturated carbocycles. The fraction of sp³-hybridized carbons (Fsp3) is 0.261. The average Bonchev–Trinajstić information content (AvgIpc) is 2.79. The molecule has 1 aliphatic heterocycles. The van der Waals surface area contributed by atoms with E-state index in [1.165, 1.54) is 0 Å². The molecule has 3 aromatic rings. The predicted molar refractivity (Wildman–Crippen MR) is 118 cm³/mol. The zero-order valence-corrected chi connectivity index (χ0v) is 16.7. The number of hydrogen-bond acceptors (Lipinski definition) is 7. The second-order valence-corrected chi connectivity index (χ2v) is 7.50. The van der Waals surface area contributed by atoms with Gasteiger partial charge in [0, 0.05) is 40.8 Å². The molecule has 0 aliphatic carbocycles. The summed E-state index contributed by atoms with van der Waals surface area (Å²) in [7, 11) is 0. The van der Waals surface area contributed by atoms with Crippen LogP contribution in [0.2, 0.25) is 0 Å². The summed E-state index contributed by atoms with van der Waals surface area (Å²) in [6, 6.07) is 14.6. The van der Waals surface area contributed by atoms with E-state index in [2.05, 4.69) is 14.9 Å². The van der Waals surface area contributed by atoms with Crippen LogP contribution in [0.25, 0.3) is 11.3 Å². The van der Waals surface area contributed by atoms with Gasteiger partial charge in [-0.3, -0.25) is 4.79 Å². The van der Waals surface area contributed by atoms with Crippen molar-refractivity contribution in [3.63, 3.8) is 0 Å². The first-order chi connectivity index (χ1) is 14.6. The van der Waals surface area contributed by atoms with E-state index < -0.39 is 0 Å². The molecule has 0 amide bonds. The Bertz CT molecular complexity index is 1050. The van der Waals surface area contributed by atoms with Gasteiger partial charge in [0.1, 0.15) is 0 Å². The van der Waals surface area contributed by atoms with Gasteiger partial charge in [0.25, 0.3) is 0 Å². The number of nitrogens with two attached hydrogens (primary N) is 2. The van der Waals surface area contributed by atoms with E-state index in [9.17, 15) is 9.90 Å². The molecule has 7 nitrogen and oxygen atoms in total. The first kappa shape index (κ1) is 19.8. The van der Waals surface area contributed by atoms with E-state index in [1.54, 1.807) is 24.4 Å². The number of nitrogen functional groups attached to an aromatic ring is 2. The number of nitrogens with zero attached hydrogens (tertiary/aromatic N) is 3. The SMILES string of the molecule is Nc1nccc(-c2ccc(N)c(C(=O)c3ccc(N4CCCCC4CO)cc3)c2)n1. The van der Waals surface area contributed by atoms with Gasteiger partial charge in [-0.1, -0.05) is 6.07 Å². The fourth-order valence-corrected chi connectivity index (χ4v) is 3.94. The minimum absolute atomic E-state index is 0.132. The monoisotopic (exact) mass is 403 g/mol. The third-order valence-electron chi connectivity index (χ3n) is 5.57. The van der Waals surface area contributed by atoms with Gasteiger partial charge in [-0.15, -0.1) is 0 Å². The highest BCUT2D eigenvalue weighted by molar-refractivity contribution is 6.12. The van der Waals surface area contributed by atoms with Crippen LogP contribution in [0.5, 0.6) is 0 Å². The van der Waals surface area contributed by atoms with E-state index in [0.717, 1.165) is 37.1 Å². The number of benzene rings is 2. The second-order valence-electron chi connectivity index (χ2n) is 7.50. The van der Waals surface area contributed by atoms with Gasteiger partial charge in [0.05, 0.1) is 18.3 Å². The summed E-state index contributed by atoms with van der Waals surface area (Å²) in [6.07, 6.45) is 4.79. The molecular formula is C23H25N5O2. The van der Waals surface area contributed by atoms with E-state index in [0.29, 0.717) is 22.5 Å². The Labute approximate surface area is 175 Å². The highest BCUT2D eigenvalue weighted by Crippen LogP contribution is 2.28. The lowest BCUT2D eigenvalue weighted by atomic mass is 9.97. The Kier molecular flexibility index (Phi) is 5.63. The maximum Gasteiger partial charge on any atom is 0.220 e. The van der Waals surface area contributed by atoms with Crippen molar-refractivity contribution < 1.29 is 9.90 Å². The van der Waals surface area contributed by atoms with E-state index >= 15 is 0 Å². The number of hydrogen-bond donors (Lipinski definition) is 3. The van der Waals surface area contributed by atoms with Crippen LogP contribution in [0.15, 0.2) is 54.7 Å². The topological polar surface area (TPSA) is 118 Å². The number of carbonyl (C=O) groups is 1. The number of ketones is 1. The lowest BCUT2D eigenvalue weighted by Crippen LogP contribution is -2.41. The zero-order chi connectivity index (χ0) is 21.1. The molecule has 2 heterocycles. The fourth-order valence-electron chi connectivity index (χ4n) is 3.94. The molecule has 0 spiro atoms. The molecule has 154 valence electrons. The number of aliphatic hydroxyl groups excluding tert-OH is 1. The van der Waals surface area contributed by atoms with Crippen molar-refractivity contribution in [2.75, 3.05) is 29.5 Å². The van der Waals surface area contributed by atoms with Crippen molar-refractivity contribution in [3.05, 3.63) is 65.9 Å². The highest BCUT2D eigenvalue weighted by atomic mass is 16.3. The maximum absolute atomic E-state index is 13.1. The minimum atomic E-state index is -0.153. The summed E-state index contributed by atoms with van der Waals surface area (Å²) < 4.78 is 0. The normalized spacial score (nSPS) is 16.4. The maximum atomic E-state index is 13.1. The summed E-state index contributed by atoms with van der Waals surface area (Å²) in [6.45, 7) is 1.05. The third-order valence-corrected chi connectivity index (χ3v) is 5.57. The summed E-state index contributed by atoms with van der Waals surface area (Å²) in [5.74, 6) is 0.0203. The first-order valence-corrected chi connectivity index (χ1v) is 10.1. The molecule has 30 heavy (non-hydrogen) atoms. The molecule has 1 aromatic heterocycles. The number of aliphatic hydroxyl groups is 1. The molecule has 4 rings (SSSR count). The van der Waals surface area contributed by atoms with E-state index in [1.807, 2.05) is 30.3 Å². The summed E-state index contributed by atoms with van der Waals surface area (Å²) in [5, 5.41) is 9.66. The largest absolute Gasteiger partial charge is 0.398 e. The van der Waals surface area contributed by atoms with E-state index in [4.69, 9.17) is 11.5 Å². The van der Waals surface area contributed by atoms with Crippen LogP contribution in [0.1, 0.15) is 35.2 Å². The van der Waals surface area contributed by atoms with Gasteiger partial charge in [0.15, 0.2) is 5.78 Å². The van der Waals surface area contributed by atoms with Crippen molar-refractivity contribution in [2.45, 2.75) is 25.3 Å². The number of piperidine rings is 1. The summed E-state index contributed by atoms with van der Waals surface area (Å²) >= 11 is 0. The van der Waals surface area contributed by atoms with Crippen LogP contribution in [-0.4, -0.2) is 40.1 Å². The second kappa shape index (κ2) is 8.51. The predicted octanol–water partition coefficient (Wildman–Crippen LogP) is 2.89. The quantitative estimate of drug-likeness (QED) is 0.443. The van der Waals surface area contributed by atoms with Gasteiger partial charge >= 0.3 is 0 Å². The Morgan fingerprint density at radius 2 is 1.90 bits per heavy atom. The van der Waals surface area contributed by atoms with E-state index in [-0.39, 0.29) is 24.4 Å². The van der Waals surface area contributed by atoms with Crippen LogP contribution in [-0.2, 0) is 0 Å². The van der Waals surface area contributed by atoms with Crippen molar-refractivity contribution >= 4 is 23.1 Å². The molecule has 0 bridgehead atoms. The van der Waals surface area contributed by atoms with Crippen LogP contribution < -0.4 is 16.4 Å².